The van der Waals surface area contributed by atoms with E-state index in [-0.39, 0.29) is 23.8 Å². The summed E-state index contributed by atoms with van der Waals surface area (Å²) < 4.78 is 5.59. The molecule has 2 aliphatic heterocycles. The molecular formula is C28H32N4O4S. The van der Waals surface area contributed by atoms with E-state index in [1.165, 1.54) is 0 Å². The fourth-order valence-corrected chi connectivity index (χ4v) is 6.78. The SMILES string of the molecule is CN1C(=O)Cc2ccc(-c3ccc(C[C@@H](C#N)NC(=O)C4C5CCC(C5)N4C(=O)OC(C)(C)C)s3)cc21. The summed E-state index contributed by atoms with van der Waals surface area (Å²) in [5.41, 5.74) is 2.33. The largest absolute Gasteiger partial charge is 0.444 e. The Labute approximate surface area is 221 Å². The van der Waals surface area contributed by atoms with Crippen molar-refractivity contribution in [1.29, 1.82) is 5.26 Å². The number of rotatable bonds is 5. The summed E-state index contributed by atoms with van der Waals surface area (Å²) in [6, 6.07) is 11.0. The molecule has 1 aliphatic carbocycles. The molecule has 2 fully saturated rings. The summed E-state index contributed by atoms with van der Waals surface area (Å²) in [6.07, 6.45) is 2.92. The Morgan fingerprint density at radius 3 is 2.76 bits per heavy atom. The molecule has 3 heterocycles. The lowest BCUT2D eigenvalue weighted by atomic mass is 9.97. The highest BCUT2D eigenvalue weighted by Crippen LogP contribution is 2.43. The van der Waals surface area contributed by atoms with Crippen LogP contribution in [0.4, 0.5) is 10.5 Å². The molecule has 37 heavy (non-hydrogen) atoms. The van der Waals surface area contributed by atoms with E-state index in [1.54, 1.807) is 28.2 Å². The predicted molar refractivity (Wildman–Crippen MR) is 141 cm³/mol. The number of benzene rings is 1. The van der Waals surface area contributed by atoms with Gasteiger partial charge in [0.05, 0.1) is 12.5 Å². The van der Waals surface area contributed by atoms with Gasteiger partial charge in [0.15, 0.2) is 0 Å². The maximum Gasteiger partial charge on any atom is 0.411 e. The minimum Gasteiger partial charge on any atom is -0.444 e. The first-order chi connectivity index (χ1) is 17.5. The molecule has 1 N–H and O–H groups in total. The van der Waals surface area contributed by atoms with Crippen molar-refractivity contribution < 1.29 is 19.1 Å². The Morgan fingerprint density at radius 2 is 2.03 bits per heavy atom. The number of hydrogen-bond acceptors (Lipinski definition) is 6. The average Bonchev–Trinajstić information content (AvgIpc) is 3.62. The number of likely N-dealkylation sites (tertiary alicyclic amines) is 1. The number of nitriles is 1. The van der Waals surface area contributed by atoms with Gasteiger partial charge in [0.25, 0.3) is 0 Å². The van der Waals surface area contributed by atoms with Gasteiger partial charge in [-0.25, -0.2) is 4.79 Å². The number of amides is 3. The van der Waals surface area contributed by atoms with Gasteiger partial charge >= 0.3 is 6.09 Å². The van der Waals surface area contributed by atoms with Crippen LogP contribution in [-0.2, 0) is 27.2 Å². The zero-order valence-electron chi connectivity index (χ0n) is 21.6. The molecule has 1 aromatic carbocycles. The molecule has 8 nitrogen and oxygen atoms in total. The molecule has 5 rings (SSSR count). The van der Waals surface area contributed by atoms with Gasteiger partial charge in [0.1, 0.15) is 17.7 Å². The zero-order chi connectivity index (χ0) is 26.5. The molecule has 3 amide bonds. The third-order valence-corrected chi connectivity index (χ3v) is 8.60. The summed E-state index contributed by atoms with van der Waals surface area (Å²) in [7, 11) is 1.79. The normalized spacial score (nSPS) is 23.1. The maximum atomic E-state index is 13.3. The molecule has 3 unspecified atom stereocenters. The number of anilines is 1. The zero-order valence-corrected chi connectivity index (χ0v) is 22.4. The highest BCUT2D eigenvalue weighted by Gasteiger charge is 2.52. The van der Waals surface area contributed by atoms with E-state index in [0.717, 1.165) is 45.8 Å². The van der Waals surface area contributed by atoms with E-state index >= 15 is 0 Å². The van der Waals surface area contributed by atoms with E-state index < -0.39 is 23.8 Å². The van der Waals surface area contributed by atoms with Crippen molar-refractivity contribution in [3.05, 3.63) is 40.8 Å². The van der Waals surface area contributed by atoms with Crippen LogP contribution < -0.4 is 10.2 Å². The monoisotopic (exact) mass is 520 g/mol. The molecule has 4 atom stereocenters. The van der Waals surface area contributed by atoms with Crippen molar-refractivity contribution in [3.63, 3.8) is 0 Å². The molecule has 3 aliphatic rings. The Balaban J connectivity index is 1.26. The first-order valence-corrected chi connectivity index (χ1v) is 13.6. The second kappa shape index (κ2) is 9.49. The molecule has 1 saturated heterocycles. The Kier molecular flexibility index (Phi) is 6.48. The van der Waals surface area contributed by atoms with Crippen LogP contribution in [0.3, 0.4) is 0 Å². The molecule has 9 heteroatoms. The van der Waals surface area contributed by atoms with Gasteiger partial charge in [-0.3, -0.25) is 14.5 Å². The standard InChI is InChI=1S/C28H32N4O4S/c1-28(2,3)36-27(35)32-20-8-7-18(11-20)25(32)26(34)30-19(15-29)14-21-9-10-23(37-21)17-6-5-16-13-24(33)31(4)22(16)12-17/h5-6,9-10,12,18-20,25H,7-8,11,13-14H2,1-4H3,(H,30,34)/t18?,19-,20?,25?/m0/s1. The van der Waals surface area contributed by atoms with Gasteiger partial charge in [-0.15, -0.1) is 11.3 Å². The van der Waals surface area contributed by atoms with Gasteiger partial charge < -0.3 is 15.0 Å². The first kappa shape index (κ1) is 25.3. The average molecular weight is 521 g/mol. The lowest BCUT2D eigenvalue weighted by molar-refractivity contribution is -0.128. The molecule has 194 valence electrons. The van der Waals surface area contributed by atoms with Gasteiger partial charge in [-0.2, -0.15) is 5.26 Å². The van der Waals surface area contributed by atoms with Crippen LogP contribution in [-0.4, -0.2) is 53.6 Å². The van der Waals surface area contributed by atoms with Crippen LogP contribution in [0.5, 0.6) is 0 Å². The van der Waals surface area contributed by atoms with E-state index in [1.807, 2.05) is 51.1 Å². The summed E-state index contributed by atoms with van der Waals surface area (Å²) in [6.45, 7) is 5.45. The third kappa shape index (κ3) is 4.95. The summed E-state index contributed by atoms with van der Waals surface area (Å²) in [5.74, 6) is -0.102. The second-order valence-corrected chi connectivity index (χ2v) is 12.4. The number of hydrogen-bond donors (Lipinski definition) is 1. The molecule has 0 spiro atoms. The molecule has 2 aromatic rings. The van der Waals surface area contributed by atoms with Crippen LogP contribution in [0, 0.1) is 17.2 Å². The number of nitrogens with one attached hydrogen (secondary N) is 1. The number of carbonyl (C=O) groups excluding carboxylic acids is 3. The van der Waals surface area contributed by atoms with Gasteiger partial charge in [0, 0.05) is 35.0 Å². The fraction of sp³-hybridized carbons (Fsp3) is 0.500. The van der Waals surface area contributed by atoms with Crippen molar-refractivity contribution in [2.75, 3.05) is 11.9 Å². The number of ether oxygens (including phenoxy) is 1. The molecule has 1 saturated carbocycles. The maximum absolute atomic E-state index is 13.3. The van der Waals surface area contributed by atoms with Crippen molar-refractivity contribution in [2.45, 2.75) is 76.6 Å². The number of carbonyl (C=O) groups is 3. The van der Waals surface area contributed by atoms with Crippen molar-refractivity contribution in [2.24, 2.45) is 5.92 Å². The van der Waals surface area contributed by atoms with E-state index in [4.69, 9.17) is 4.74 Å². The van der Waals surface area contributed by atoms with Crippen molar-refractivity contribution in [3.8, 4) is 16.5 Å². The highest BCUT2D eigenvalue weighted by molar-refractivity contribution is 7.15. The first-order valence-electron chi connectivity index (χ1n) is 12.7. The quantitative estimate of drug-likeness (QED) is 0.634. The lowest BCUT2D eigenvalue weighted by Crippen LogP contribution is -2.55. The lowest BCUT2D eigenvalue weighted by Gasteiger charge is -2.35. The smallest absolute Gasteiger partial charge is 0.411 e. The van der Waals surface area contributed by atoms with Crippen LogP contribution in [0.1, 0.15) is 50.5 Å². The van der Waals surface area contributed by atoms with Gasteiger partial charge in [-0.05, 0) is 75.3 Å². The molecular weight excluding hydrogens is 488 g/mol. The summed E-state index contributed by atoms with van der Waals surface area (Å²) in [4.78, 5) is 43.5. The Hall–Kier alpha value is -3.38. The van der Waals surface area contributed by atoms with E-state index in [2.05, 4.69) is 11.4 Å². The molecule has 1 aromatic heterocycles. The summed E-state index contributed by atoms with van der Waals surface area (Å²) in [5, 5.41) is 12.7. The number of piperidine rings is 1. The van der Waals surface area contributed by atoms with Crippen molar-refractivity contribution >= 4 is 34.9 Å². The van der Waals surface area contributed by atoms with Crippen LogP contribution in [0.25, 0.3) is 10.4 Å². The third-order valence-electron chi connectivity index (χ3n) is 7.44. The number of nitrogens with zero attached hydrogens (tertiary/aromatic N) is 3. The van der Waals surface area contributed by atoms with Crippen LogP contribution >= 0.6 is 11.3 Å². The minimum absolute atomic E-state index is 0.0117. The van der Waals surface area contributed by atoms with E-state index in [9.17, 15) is 19.6 Å². The van der Waals surface area contributed by atoms with Crippen LogP contribution in [0.2, 0.25) is 0 Å². The van der Waals surface area contributed by atoms with Gasteiger partial charge in [0.2, 0.25) is 11.8 Å². The Bertz CT molecular complexity index is 1290. The Morgan fingerprint density at radius 1 is 1.24 bits per heavy atom. The predicted octanol–water partition coefficient (Wildman–Crippen LogP) is 4.27. The fourth-order valence-electron chi connectivity index (χ4n) is 5.73. The molecule has 2 bridgehead atoms. The topological polar surface area (TPSA) is 103 Å². The number of thiophene rings is 1. The molecule has 0 radical (unpaired) electrons. The van der Waals surface area contributed by atoms with Crippen LogP contribution in [0.15, 0.2) is 30.3 Å². The van der Waals surface area contributed by atoms with E-state index in [0.29, 0.717) is 12.8 Å². The number of fused-ring (bicyclic) bond motifs is 3. The second-order valence-electron chi connectivity index (χ2n) is 11.2. The summed E-state index contributed by atoms with van der Waals surface area (Å²) >= 11 is 1.57. The van der Waals surface area contributed by atoms with Crippen molar-refractivity contribution in [1.82, 2.24) is 10.2 Å². The number of likely N-dealkylation sites (N-methyl/N-ethyl adjacent to an activating group) is 1. The van der Waals surface area contributed by atoms with Gasteiger partial charge in [-0.1, -0.05) is 12.1 Å². The highest BCUT2D eigenvalue weighted by atomic mass is 32.1. The minimum atomic E-state index is -0.706.